The lowest BCUT2D eigenvalue weighted by atomic mass is 10.1. The molecule has 5 nitrogen and oxygen atoms in total. The van der Waals surface area contributed by atoms with Gasteiger partial charge in [0.25, 0.3) is 0 Å². The standard InChI is InChI=1S/C11H19NO4/c1-2-5-16-7-10(13)12-9(6-11(14)15)8-3-4-8/h8-9H,2-7H2,1H3,(H,12,13)(H,14,15). The lowest BCUT2D eigenvalue weighted by Crippen LogP contribution is -2.40. The highest BCUT2D eigenvalue weighted by Gasteiger charge is 2.33. The maximum atomic E-state index is 11.4. The Hall–Kier alpha value is -1.10. The molecule has 16 heavy (non-hydrogen) atoms. The first-order valence-electron chi connectivity index (χ1n) is 5.72. The summed E-state index contributed by atoms with van der Waals surface area (Å²) >= 11 is 0. The number of ether oxygens (including phenoxy) is 1. The van der Waals surface area contributed by atoms with E-state index >= 15 is 0 Å². The summed E-state index contributed by atoms with van der Waals surface area (Å²) in [5, 5.41) is 11.4. The predicted molar refractivity (Wildman–Crippen MR) is 58.0 cm³/mol. The van der Waals surface area contributed by atoms with Gasteiger partial charge in [0.2, 0.25) is 5.91 Å². The zero-order chi connectivity index (χ0) is 12.0. The summed E-state index contributed by atoms with van der Waals surface area (Å²) in [7, 11) is 0. The van der Waals surface area contributed by atoms with Gasteiger partial charge in [0.1, 0.15) is 6.61 Å². The molecule has 0 heterocycles. The zero-order valence-electron chi connectivity index (χ0n) is 9.57. The van der Waals surface area contributed by atoms with Crippen molar-refractivity contribution >= 4 is 11.9 Å². The van der Waals surface area contributed by atoms with Crippen LogP contribution in [0.25, 0.3) is 0 Å². The molecule has 0 radical (unpaired) electrons. The number of carboxylic acid groups (broad SMARTS) is 1. The van der Waals surface area contributed by atoms with E-state index in [2.05, 4.69) is 5.32 Å². The molecular weight excluding hydrogens is 210 g/mol. The predicted octanol–water partition coefficient (Wildman–Crippen LogP) is 0.782. The summed E-state index contributed by atoms with van der Waals surface area (Å²) in [5.41, 5.74) is 0. The monoisotopic (exact) mass is 229 g/mol. The molecule has 0 aromatic heterocycles. The molecule has 1 fully saturated rings. The van der Waals surface area contributed by atoms with Crippen LogP contribution in [0.5, 0.6) is 0 Å². The second-order valence-corrected chi connectivity index (χ2v) is 4.16. The van der Waals surface area contributed by atoms with Gasteiger partial charge in [-0.2, -0.15) is 0 Å². The summed E-state index contributed by atoms with van der Waals surface area (Å²) in [5.74, 6) is -0.746. The van der Waals surface area contributed by atoms with Gasteiger partial charge in [0, 0.05) is 12.6 Å². The van der Waals surface area contributed by atoms with E-state index in [9.17, 15) is 9.59 Å². The van der Waals surface area contributed by atoms with Crippen LogP contribution in [0, 0.1) is 5.92 Å². The number of carbonyl (C=O) groups is 2. The zero-order valence-corrected chi connectivity index (χ0v) is 9.57. The molecule has 1 aliphatic carbocycles. The van der Waals surface area contributed by atoms with E-state index in [0.717, 1.165) is 19.3 Å². The largest absolute Gasteiger partial charge is 0.481 e. The van der Waals surface area contributed by atoms with Crippen molar-refractivity contribution in [1.82, 2.24) is 5.32 Å². The van der Waals surface area contributed by atoms with Crippen LogP contribution in [0.4, 0.5) is 0 Å². The maximum absolute atomic E-state index is 11.4. The molecule has 1 aliphatic rings. The maximum Gasteiger partial charge on any atom is 0.305 e. The SMILES string of the molecule is CCCOCC(=O)NC(CC(=O)O)C1CC1. The first kappa shape index (κ1) is 13.0. The van der Waals surface area contributed by atoms with Crippen LogP contribution < -0.4 is 5.32 Å². The number of amides is 1. The van der Waals surface area contributed by atoms with Crippen LogP contribution in [0.1, 0.15) is 32.6 Å². The van der Waals surface area contributed by atoms with Gasteiger partial charge < -0.3 is 15.2 Å². The van der Waals surface area contributed by atoms with E-state index in [1.54, 1.807) is 0 Å². The molecule has 1 saturated carbocycles. The molecule has 0 spiro atoms. The third-order valence-electron chi connectivity index (χ3n) is 2.51. The molecule has 2 N–H and O–H groups in total. The van der Waals surface area contributed by atoms with Crippen molar-refractivity contribution in [3.63, 3.8) is 0 Å². The van der Waals surface area contributed by atoms with Crippen molar-refractivity contribution in [3.05, 3.63) is 0 Å². The Morgan fingerprint density at radius 1 is 1.50 bits per heavy atom. The smallest absolute Gasteiger partial charge is 0.305 e. The Balaban J connectivity index is 2.24. The minimum absolute atomic E-state index is 0.00415. The van der Waals surface area contributed by atoms with Crippen LogP contribution >= 0.6 is 0 Å². The van der Waals surface area contributed by atoms with Gasteiger partial charge in [-0.25, -0.2) is 0 Å². The first-order valence-corrected chi connectivity index (χ1v) is 5.72. The van der Waals surface area contributed by atoms with E-state index in [1.807, 2.05) is 6.92 Å². The third kappa shape index (κ3) is 5.11. The van der Waals surface area contributed by atoms with Crippen LogP contribution in [0.2, 0.25) is 0 Å². The number of carboxylic acids is 1. The average molecular weight is 229 g/mol. The fraction of sp³-hybridized carbons (Fsp3) is 0.818. The van der Waals surface area contributed by atoms with Crippen molar-refractivity contribution < 1.29 is 19.4 Å². The van der Waals surface area contributed by atoms with Crippen molar-refractivity contribution in [2.24, 2.45) is 5.92 Å². The van der Waals surface area contributed by atoms with Gasteiger partial charge in [0.05, 0.1) is 6.42 Å². The molecule has 1 atom stereocenters. The normalized spacial score (nSPS) is 16.8. The quantitative estimate of drug-likeness (QED) is 0.603. The minimum Gasteiger partial charge on any atom is -0.481 e. The van der Waals surface area contributed by atoms with Gasteiger partial charge in [-0.05, 0) is 25.2 Å². The molecule has 1 rings (SSSR count). The van der Waals surface area contributed by atoms with E-state index in [1.165, 1.54) is 0 Å². The highest BCUT2D eigenvalue weighted by molar-refractivity contribution is 5.78. The number of aliphatic carboxylic acids is 1. The molecule has 0 saturated heterocycles. The van der Waals surface area contributed by atoms with E-state index in [0.29, 0.717) is 12.5 Å². The summed E-state index contributed by atoms with van der Waals surface area (Å²) in [4.78, 5) is 22.0. The number of carbonyl (C=O) groups excluding carboxylic acids is 1. The second-order valence-electron chi connectivity index (χ2n) is 4.16. The summed E-state index contributed by atoms with van der Waals surface area (Å²) in [6.07, 6.45) is 2.89. The third-order valence-corrected chi connectivity index (χ3v) is 2.51. The van der Waals surface area contributed by atoms with Crippen LogP contribution in [-0.4, -0.2) is 36.2 Å². The van der Waals surface area contributed by atoms with E-state index < -0.39 is 5.97 Å². The summed E-state index contributed by atoms with van der Waals surface area (Å²) < 4.78 is 5.09. The Morgan fingerprint density at radius 3 is 2.69 bits per heavy atom. The van der Waals surface area contributed by atoms with Gasteiger partial charge >= 0.3 is 5.97 Å². The fourth-order valence-electron chi connectivity index (χ4n) is 1.58. The number of nitrogens with one attached hydrogen (secondary N) is 1. The van der Waals surface area contributed by atoms with Crippen molar-refractivity contribution in [1.29, 1.82) is 0 Å². The van der Waals surface area contributed by atoms with Crippen molar-refractivity contribution in [2.75, 3.05) is 13.2 Å². The average Bonchev–Trinajstić information content (AvgIpc) is 2.99. The fourth-order valence-corrected chi connectivity index (χ4v) is 1.58. The molecule has 0 aromatic carbocycles. The molecule has 92 valence electrons. The molecular formula is C11H19NO4. The lowest BCUT2D eigenvalue weighted by molar-refractivity contribution is -0.138. The highest BCUT2D eigenvalue weighted by atomic mass is 16.5. The van der Waals surface area contributed by atoms with Gasteiger partial charge in [-0.15, -0.1) is 0 Å². The molecule has 0 aliphatic heterocycles. The highest BCUT2D eigenvalue weighted by Crippen LogP contribution is 2.33. The Morgan fingerprint density at radius 2 is 2.19 bits per heavy atom. The van der Waals surface area contributed by atoms with E-state index in [-0.39, 0.29) is 25.0 Å². The topological polar surface area (TPSA) is 75.6 Å². The van der Waals surface area contributed by atoms with Crippen LogP contribution in [0.15, 0.2) is 0 Å². The Kier molecular flexibility index (Phi) is 5.25. The molecule has 1 amide bonds. The number of rotatable bonds is 8. The molecule has 1 unspecified atom stereocenters. The minimum atomic E-state index is -0.869. The van der Waals surface area contributed by atoms with Crippen LogP contribution in [0.3, 0.4) is 0 Å². The lowest BCUT2D eigenvalue weighted by Gasteiger charge is -2.16. The van der Waals surface area contributed by atoms with Crippen molar-refractivity contribution in [3.8, 4) is 0 Å². The number of hydrogen-bond donors (Lipinski definition) is 2. The van der Waals surface area contributed by atoms with Gasteiger partial charge in [0.15, 0.2) is 0 Å². The Labute approximate surface area is 95.2 Å². The molecule has 5 heteroatoms. The summed E-state index contributed by atoms with van der Waals surface area (Å²) in [6.45, 7) is 2.55. The van der Waals surface area contributed by atoms with Crippen LogP contribution in [-0.2, 0) is 14.3 Å². The van der Waals surface area contributed by atoms with Gasteiger partial charge in [-0.1, -0.05) is 6.92 Å². The Bertz CT molecular complexity index is 250. The molecule has 0 aromatic rings. The van der Waals surface area contributed by atoms with E-state index in [4.69, 9.17) is 9.84 Å². The number of hydrogen-bond acceptors (Lipinski definition) is 3. The second kappa shape index (κ2) is 6.48. The summed E-state index contributed by atoms with van der Waals surface area (Å²) in [6, 6.07) is -0.227. The molecule has 0 bridgehead atoms. The first-order chi connectivity index (χ1) is 7.63. The van der Waals surface area contributed by atoms with Crippen molar-refractivity contribution in [2.45, 2.75) is 38.6 Å². The van der Waals surface area contributed by atoms with Gasteiger partial charge in [-0.3, -0.25) is 9.59 Å².